The first kappa shape index (κ1) is 14.9. The Kier molecular flexibility index (Phi) is 6.72. The molecule has 0 bridgehead atoms. The second-order valence-electron chi connectivity index (χ2n) is 4.06. The minimum Gasteiger partial charge on any atom is -0.480 e. The summed E-state index contributed by atoms with van der Waals surface area (Å²) in [6.45, 7) is 5.93. The lowest BCUT2D eigenvalue weighted by atomic mass is 9.99. The van der Waals surface area contributed by atoms with Crippen LogP contribution in [0.2, 0.25) is 0 Å². The van der Waals surface area contributed by atoms with Crippen LogP contribution in [0, 0.1) is 5.92 Å². The third-order valence-corrected chi connectivity index (χ3v) is 2.67. The minimum absolute atomic E-state index is 0.0700. The molecule has 16 heavy (non-hydrogen) atoms. The normalized spacial score (nSPS) is 14.2. The quantitative estimate of drug-likeness (QED) is 0.673. The van der Waals surface area contributed by atoms with Gasteiger partial charge < -0.3 is 15.7 Å². The third-order valence-electron chi connectivity index (χ3n) is 2.67. The van der Waals surface area contributed by atoms with E-state index in [4.69, 9.17) is 10.8 Å². The number of carbonyl (C=O) groups is 2. The van der Waals surface area contributed by atoms with Crippen LogP contribution in [0.25, 0.3) is 0 Å². The van der Waals surface area contributed by atoms with Gasteiger partial charge in [-0.1, -0.05) is 27.2 Å². The Bertz CT molecular complexity index is 243. The van der Waals surface area contributed by atoms with Crippen molar-refractivity contribution in [1.82, 2.24) is 4.90 Å². The number of carboxylic acid groups (broad SMARTS) is 1. The molecule has 0 radical (unpaired) electrons. The summed E-state index contributed by atoms with van der Waals surface area (Å²) in [7, 11) is 0. The van der Waals surface area contributed by atoms with Crippen molar-refractivity contribution in [3.63, 3.8) is 0 Å². The lowest BCUT2D eigenvalue weighted by Crippen LogP contribution is -2.48. The molecule has 94 valence electrons. The number of hydrogen-bond donors (Lipinski definition) is 2. The van der Waals surface area contributed by atoms with E-state index in [0.717, 1.165) is 12.8 Å². The molecule has 0 heterocycles. The summed E-state index contributed by atoms with van der Waals surface area (Å²) in [5.74, 6) is -1.20. The maximum Gasteiger partial charge on any atom is 0.323 e. The Morgan fingerprint density at radius 1 is 1.38 bits per heavy atom. The van der Waals surface area contributed by atoms with Gasteiger partial charge in [-0.2, -0.15) is 0 Å². The van der Waals surface area contributed by atoms with E-state index in [1.165, 1.54) is 4.90 Å². The Morgan fingerprint density at radius 2 is 1.94 bits per heavy atom. The Morgan fingerprint density at radius 3 is 2.31 bits per heavy atom. The van der Waals surface area contributed by atoms with Crippen molar-refractivity contribution in [2.24, 2.45) is 11.7 Å². The van der Waals surface area contributed by atoms with Crippen molar-refractivity contribution >= 4 is 11.9 Å². The van der Waals surface area contributed by atoms with E-state index >= 15 is 0 Å². The minimum atomic E-state index is -1.00. The van der Waals surface area contributed by atoms with Gasteiger partial charge in [-0.3, -0.25) is 9.59 Å². The Labute approximate surface area is 96.6 Å². The van der Waals surface area contributed by atoms with Crippen LogP contribution >= 0.6 is 0 Å². The molecular weight excluding hydrogens is 208 g/mol. The second-order valence-corrected chi connectivity index (χ2v) is 4.06. The zero-order valence-electron chi connectivity index (χ0n) is 10.3. The van der Waals surface area contributed by atoms with Crippen LogP contribution in [0.4, 0.5) is 0 Å². The van der Waals surface area contributed by atoms with Gasteiger partial charge in [0.1, 0.15) is 6.54 Å². The first-order valence-corrected chi connectivity index (χ1v) is 5.70. The molecule has 5 heteroatoms. The highest BCUT2D eigenvalue weighted by atomic mass is 16.4. The zero-order chi connectivity index (χ0) is 12.7. The van der Waals surface area contributed by atoms with Crippen molar-refractivity contribution in [2.75, 3.05) is 13.1 Å². The first-order chi connectivity index (χ1) is 7.43. The van der Waals surface area contributed by atoms with E-state index in [1.54, 1.807) is 0 Å². The van der Waals surface area contributed by atoms with Crippen LogP contribution in [0.3, 0.4) is 0 Å². The molecule has 0 aliphatic carbocycles. The van der Waals surface area contributed by atoms with E-state index < -0.39 is 12.0 Å². The zero-order valence-corrected chi connectivity index (χ0v) is 10.3. The average molecular weight is 230 g/mol. The van der Waals surface area contributed by atoms with Crippen LogP contribution in [0.15, 0.2) is 0 Å². The van der Waals surface area contributed by atoms with E-state index in [2.05, 4.69) is 0 Å². The summed E-state index contributed by atoms with van der Waals surface area (Å²) in [4.78, 5) is 23.8. The van der Waals surface area contributed by atoms with E-state index in [-0.39, 0.29) is 18.4 Å². The van der Waals surface area contributed by atoms with E-state index in [9.17, 15) is 9.59 Å². The van der Waals surface area contributed by atoms with Crippen LogP contribution < -0.4 is 5.73 Å². The fraction of sp³-hybridized carbons (Fsp3) is 0.818. The fourth-order valence-corrected chi connectivity index (χ4v) is 1.41. The molecule has 0 fully saturated rings. The molecule has 3 N–H and O–H groups in total. The van der Waals surface area contributed by atoms with Gasteiger partial charge in [0.2, 0.25) is 5.91 Å². The largest absolute Gasteiger partial charge is 0.480 e. The molecule has 0 saturated carbocycles. The highest BCUT2D eigenvalue weighted by Gasteiger charge is 2.25. The maximum absolute atomic E-state index is 11.9. The van der Waals surface area contributed by atoms with Gasteiger partial charge in [0, 0.05) is 6.54 Å². The Hall–Kier alpha value is -1.10. The van der Waals surface area contributed by atoms with Gasteiger partial charge in [-0.25, -0.2) is 0 Å². The summed E-state index contributed by atoms with van der Waals surface area (Å²) < 4.78 is 0. The average Bonchev–Trinajstić information content (AvgIpc) is 2.24. The maximum atomic E-state index is 11.9. The Balaban J connectivity index is 4.52. The summed E-state index contributed by atoms with van der Waals surface area (Å²) in [5, 5.41) is 8.70. The van der Waals surface area contributed by atoms with Crippen LogP contribution in [0.1, 0.15) is 33.6 Å². The van der Waals surface area contributed by atoms with Crippen molar-refractivity contribution in [3.8, 4) is 0 Å². The number of hydrogen-bond acceptors (Lipinski definition) is 3. The number of carboxylic acids is 1. The number of nitrogens with zero attached hydrogens (tertiary/aromatic N) is 1. The SMILES string of the molecule is CCCN(CC(=O)O)C(=O)[C@@H](N)[C@@H](C)CC. The van der Waals surface area contributed by atoms with Gasteiger partial charge in [-0.05, 0) is 12.3 Å². The van der Waals surface area contributed by atoms with Crippen molar-refractivity contribution in [2.45, 2.75) is 39.7 Å². The van der Waals surface area contributed by atoms with Crippen molar-refractivity contribution < 1.29 is 14.7 Å². The molecule has 1 amide bonds. The van der Waals surface area contributed by atoms with Gasteiger partial charge >= 0.3 is 5.97 Å². The number of amides is 1. The standard InChI is InChI=1S/C11H22N2O3/c1-4-6-13(7-9(14)15)11(16)10(12)8(3)5-2/h8,10H,4-7,12H2,1-3H3,(H,14,15)/t8-,10-/m0/s1. The molecule has 0 aromatic carbocycles. The molecule has 0 aliphatic rings. The topological polar surface area (TPSA) is 83.6 Å². The van der Waals surface area contributed by atoms with Gasteiger partial charge in [0.05, 0.1) is 6.04 Å². The summed E-state index contributed by atoms with van der Waals surface area (Å²) >= 11 is 0. The molecule has 0 aromatic rings. The predicted octanol–water partition coefficient (Wildman–Crippen LogP) is 0.683. The summed E-state index contributed by atoms with van der Waals surface area (Å²) in [6, 6.07) is -0.601. The van der Waals surface area contributed by atoms with Crippen LogP contribution in [-0.2, 0) is 9.59 Å². The van der Waals surface area contributed by atoms with Crippen molar-refractivity contribution in [3.05, 3.63) is 0 Å². The number of rotatable bonds is 7. The van der Waals surface area contributed by atoms with Gasteiger partial charge in [0.25, 0.3) is 0 Å². The summed E-state index contributed by atoms with van der Waals surface area (Å²) in [5.41, 5.74) is 5.79. The second kappa shape index (κ2) is 7.22. The lowest BCUT2D eigenvalue weighted by Gasteiger charge is -2.26. The molecule has 5 nitrogen and oxygen atoms in total. The number of carbonyl (C=O) groups excluding carboxylic acids is 1. The van der Waals surface area contributed by atoms with Crippen molar-refractivity contribution in [1.29, 1.82) is 0 Å². The molecule has 2 atom stereocenters. The molecule has 0 rings (SSSR count). The van der Waals surface area contributed by atoms with Crippen LogP contribution in [0.5, 0.6) is 0 Å². The lowest BCUT2D eigenvalue weighted by molar-refractivity contribution is -0.145. The van der Waals surface area contributed by atoms with Gasteiger partial charge in [-0.15, -0.1) is 0 Å². The molecule has 0 aliphatic heterocycles. The van der Waals surface area contributed by atoms with Gasteiger partial charge in [0.15, 0.2) is 0 Å². The highest BCUT2D eigenvalue weighted by Crippen LogP contribution is 2.08. The molecular formula is C11H22N2O3. The van der Waals surface area contributed by atoms with E-state index in [1.807, 2.05) is 20.8 Å². The van der Waals surface area contributed by atoms with E-state index in [0.29, 0.717) is 6.54 Å². The molecule has 0 unspecified atom stereocenters. The molecule has 0 spiro atoms. The summed E-state index contributed by atoms with van der Waals surface area (Å²) in [6.07, 6.45) is 1.53. The molecule has 0 saturated heterocycles. The third kappa shape index (κ3) is 4.61. The smallest absolute Gasteiger partial charge is 0.323 e. The monoisotopic (exact) mass is 230 g/mol. The molecule has 0 aromatic heterocycles. The predicted molar refractivity (Wildman–Crippen MR) is 61.9 cm³/mol. The highest BCUT2D eigenvalue weighted by molar-refractivity contribution is 5.85. The van der Waals surface area contributed by atoms with Crippen LogP contribution in [-0.4, -0.2) is 41.0 Å². The fourth-order valence-electron chi connectivity index (χ4n) is 1.41. The first-order valence-electron chi connectivity index (χ1n) is 5.70. The number of nitrogens with two attached hydrogens (primary N) is 1. The number of aliphatic carboxylic acids is 1.